The van der Waals surface area contributed by atoms with Gasteiger partial charge in [-0.1, -0.05) is 36.4 Å². The van der Waals surface area contributed by atoms with Gasteiger partial charge in [-0.25, -0.2) is 0 Å². The fourth-order valence-corrected chi connectivity index (χ4v) is 7.62. The Morgan fingerprint density at radius 2 is 1.64 bits per heavy atom. The molecule has 5 aliphatic rings. The van der Waals surface area contributed by atoms with Crippen molar-refractivity contribution < 1.29 is 22.7 Å². The fraction of sp³-hybridized carbons (Fsp3) is 0.567. The summed E-state index contributed by atoms with van der Waals surface area (Å²) in [6.45, 7) is 1.69. The number of alkyl halides is 3. The van der Waals surface area contributed by atoms with Crippen LogP contribution in [0.25, 0.3) is 0 Å². The summed E-state index contributed by atoms with van der Waals surface area (Å²) in [4.78, 5) is 15.5. The molecule has 6 nitrogen and oxygen atoms in total. The van der Waals surface area contributed by atoms with Crippen molar-refractivity contribution in [2.75, 3.05) is 20.2 Å². The van der Waals surface area contributed by atoms with Crippen LogP contribution in [0.2, 0.25) is 0 Å². The van der Waals surface area contributed by atoms with Gasteiger partial charge in [0.05, 0.1) is 12.2 Å². The maximum Gasteiger partial charge on any atom is 0.442 e. The van der Waals surface area contributed by atoms with Crippen molar-refractivity contribution in [1.29, 1.82) is 0 Å². The van der Waals surface area contributed by atoms with Gasteiger partial charge in [0.2, 0.25) is 0 Å². The molecule has 0 saturated heterocycles. The van der Waals surface area contributed by atoms with Crippen LogP contribution in [0.5, 0.6) is 5.75 Å². The molecular weight excluding hydrogens is 505 g/mol. The van der Waals surface area contributed by atoms with E-state index < -0.39 is 11.8 Å². The zero-order valence-corrected chi connectivity index (χ0v) is 22.2. The highest BCUT2D eigenvalue weighted by molar-refractivity contribution is 5.96. The minimum Gasteiger partial charge on any atom is -0.493 e. The molecule has 0 aromatic heterocycles. The Balaban J connectivity index is 0.984. The number of carbonyl (C=O) groups is 1. The highest BCUT2D eigenvalue weighted by Crippen LogP contribution is 2.55. The Morgan fingerprint density at radius 3 is 2.26 bits per heavy atom. The van der Waals surface area contributed by atoms with Crippen LogP contribution >= 0.6 is 0 Å². The summed E-state index contributed by atoms with van der Waals surface area (Å²) < 4.78 is 45.6. The molecular formula is C30H35F3N4O2. The van der Waals surface area contributed by atoms with Crippen LogP contribution in [0.1, 0.15) is 60.0 Å². The van der Waals surface area contributed by atoms with Gasteiger partial charge in [-0.15, -0.1) is 10.2 Å². The van der Waals surface area contributed by atoms with E-state index in [4.69, 9.17) is 4.74 Å². The average molecular weight is 541 g/mol. The van der Waals surface area contributed by atoms with Crippen LogP contribution in [-0.2, 0) is 12.2 Å². The van der Waals surface area contributed by atoms with Crippen molar-refractivity contribution >= 4 is 5.91 Å². The van der Waals surface area contributed by atoms with Gasteiger partial charge < -0.3 is 15.0 Å². The van der Waals surface area contributed by atoms with Crippen molar-refractivity contribution in [1.82, 2.24) is 10.2 Å². The van der Waals surface area contributed by atoms with Gasteiger partial charge in [0.25, 0.3) is 5.91 Å². The number of halogens is 3. The van der Waals surface area contributed by atoms with Gasteiger partial charge in [0.1, 0.15) is 5.75 Å². The van der Waals surface area contributed by atoms with Gasteiger partial charge >= 0.3 is 11.8 Å². The van der Waals surface area contributed by atoms with Crippen molar-refractivity contribution in [2.45, 2.75) is 63.0 Å². The molecule has 7 rings (SSSR count). The van der Waals surface area contributed by atoms with E-state index in [0.29, 0.717) is 29.5 Å². The summed E-state index contributed by atoms with van der Waals surface area (Å²) in [5.41, 5.74) is -1.35. The number of nitrogens with zero attached hydrogens (tertiary/aromatic N) is 3. The van der Waals surface area contributed by atoms with Crippen LogP contribution in [0.3, 0.4) is 0 Å². The molecule has 2 aromatic rings. The molecule has 9 heteroatoms. The molecule has 4 bridgehead atoms. The Bertz CT molecular complexity index is 1200. The maximum absolute atomic E-state index is 13.2. The largest absolute Gasteiger partial charge is 0.493 e. The lowest BCUT2D eigenvalue weighted by molar-refractivity contribution is -0.166. The number of para-hydroxylation sites is 1. The van der Waals surface area contributed by atoms with Crippen molar-refractivity contribution in [3.63, 3.8) is 0 Å². The Morgan fingerprint density at radius 1 is 1.00 bits per heavy atom. The molecule has 208 valence electrons. The standard InChI is InChI=1S/C30H35F3N4O2/c1-37(27-22-14-20-13-21(16-22)17-23(27)15-20)11-4-12-39-26-6-3-2-5-25(26)28(38)34-18-19-7-9-24(10-8-19)29(35-36-29)30(31,32)33/h2-3,5-10,20-23,27H,4,11-18H2,1H3,(H,34,38). The Kier molecular flexibility index (Phi) is 6.90. The predicted octanol–water partition coefficient (Wildman–Crippen LogP) is 6.32. The lowest BCUT2D eigenvalue weighted by atomic mass is 9.54. The van der Waals surface area contributed by atoms with Crippen LogP contribution in [0, 0.1) is 23.7 Å². The zero-order chi connectivity index (χ0) is 27.2. The summed E-state index contributed by atoms with van der Waals surface area (Å²) in [6, 6.07) is 13.7. The van der Waals surface area contributed by atoms with Crippen LogP contribution < -0.4 is 10.1 Å². The third-order valence-electron chi connectivity index (χ3n) is 9.24. The average Bonchev–Trinajstić information content (AvgIpc) is 3.72. The second-order valence-electron chi connectivity index (χ2n) is 11.8. The number of hydrogen-bond acceptors (Lipinski definition) is 5. The molecule has 4 aliphatic carbocycles. The quantitative estimate of drug-likeness (QED) is 0.359. The van der Waals surface area contributed by atoms with E-state index in [1.165, 1.54) is 44.2 Å². The first-order valence-electron chi connectivity index (χ1n) is 14.0. The van der Waals surface area contributed by atoms with E-state index in [9.17, 15) is 18.0 Å². The molecule has 1 aliphatic heterocycles. The summed E-state index contributed by atoms with van der Waals surface area (Å²) in [7, 11) is 2.26. The molecule has 0 atom stereocenters. The number of nitrogens with one attached hydrogen (secondary N) is 1. The molecule has 1 amide bonds. The SMILES string of the molecule is CN(CCCOc1ccccc1C(=O)NCc1ccc(C2(C(F)(F)F)N=N2)cc1)C1C2CC3CC(C2)CC1C3. The smallest absolute Gasteiger partial charge is 0.442 e. The second kappa shape index (κ2) is 10.2. The molecule has 1 heterocycles. The summed E-state index contributed by atoms with van der Waals surface area (Å²) in [6.07, 6.45) is 3.43. The predicted molar refractivity (Wildman–Crippen MR) is 140 cm³/mol. The lowest BCUT2D eigenvalue weighted by Crippen LogP contribution is -2.55. The summed E-state index contributed by atoms with van der Waals surface area (Å²) >= 11 is 0. The number of amides is 1. The van der Waals surface area contributed by atoms with E-state index in [1.807, 2.05) is 6.07 Å². The topological polar surface area (TPSA) is 66.3 Å². The minimum atomic E-state index is -4.56. The molecule has 4 fully saturated rings. The lowest BCUT2D eigenvalue weighted by Gasteiger charge is -2.56. The van der Waals surface area contributed by atoms with Gasteiger partial charge in [0.15, 0.2) is 0 Å². The molecule has 39 heavy (non-hydrogen) atoms. The third kappa shape index (κ3) is 5.17. The van der Waals surface area contributed by atoms with Crippen molar-refractivity contribution in [3.05, 3.63) is 65.2 Å². The van der Waals surface area contributed by atoms with Gasteiger partial charge in [-0.2, -0.15) is 13.2 Å². The van der Waals surface area contributed by atoms with Crippen LogP contribution in [-0.4, -0.2) is 43.2 Å². The third-order valence-corrected chi connectivity index (χ3v) is 9.24. The first-order valence-corrected chi connectivity index (χ1v) is 14.0. The number of benzene rings is 2. The first-order chi connectivity index (χ1) is 18.7. The summed E-state index contributed by atoms with van der Waals surface area (Å²) in [5, 5.41) is 9.29. The van der Waals surface area contributed by atoms with E-state index >= 15 is 0 Å². The molecule has 1 N–H and O–H groups in total. The highest BCUT2D eigenvalue weighted by atomic mass is 19.4. The molecule has 0 unspecified atom stereocenters. The van der Waals surface area contributed by atoms with E-state index in [2.05, 4.69) is 27.5 Å². The number of hydrogen-bond donors (Lipinski definition) is 1. The number of ether oxygens (including phenoxy) is 1. The maximum atomic E-state index is 13.2. The Labute approximate surface area is 227 Å². The van der Waals surface area contributed by atoms with E-state index in [-0.39, 0.29) is 18.0 Å². The Hall–Kier alpha value is -2.94. The van der Waals surface area contributed by atoms with Crippen LogP contribution in [0.4, 0.5) is 13.2 Å². The second-order valence-corrected chi connectivity index (χ2v) is 11.8. The minimum absolute atomic E-state index is 0.0298. The first kappa shape index (κ1) is 26.3. The van der Waals surface area contributed by atoms with Gasteiger partial charge in [-0.3, -0.25) is 4.79 Å². The summed E-state index contributed by atoms with van der Waals surface area (Å²) in [5.74, 6) is 3.90. The van der Waals surface area contributed by atoms with Crippen molar-refractivity contribution in [2.24, 2.45) is 33.9 Å². The zero-order valence-electron chi connectivity index (χ0n) is 22.2. The molecule has 0 radical (unpaired) electrons. The van der Waals surface area contributed by atoms with E-state index in [1.54, 1.807) is 30.3 Å². The highest BCUT2D eigenvalue weighted by Gasteiger charge is 2.65. The molecule has 0 spiro atoms. The number of rotatable bonds is 10. The molecule has 4 saturated carbocycles. The van der Waals surface area contributed by atoms with Gasteiger partial charge in [-0.05, 0) is 86.9 Å². The number of carbonyl (C=O) groups excluding carboxylic acids is 1. The fourth-order valence-electron chi connectivity index (χ4n) is 7.62. The normalized spacial score (nSPS) is 28.1. The van der Waals surface area contributed by atoms with Gasteiger partial charge in [0, 0.05) is 24.7 Å². The molecule has 2 aromatic carbocycles. The van der Waals surface area contributed by atoms with E-state index in [0.717, 1.165) is 36.6 Å². The van der Waals surface area contributed by atoms with Crippen LogP contribution in [0.15, 0.2) is 58.8 Å². The monoisotopic (exact) mass is 540 g/mol. The van der Waals surface area contributed by atoms with Crippen molar-refractivity contribution in [3.8, 4) is 5.75 Å².